The maximum Gasteiger partial charge on any atom is 0.275 e. The summed E-state index contributed by atoms with van der Waals surface area (Å²) in [5.41, 5.74) is 2.38. The molecule has 0 amide bonds. The number of anilines is 1. The molecule has 0 unspecified atom stereocenters. The highest BCUT2D eigenvalue weighted by Crippen LogP contribution is 2.35. The minimum Gasteiger partial charge on any atom is -0.374 e. The second-order valence-electron chi connectivity index (χ2n) is 5.70. The van der Waals surface area contributed by atoms with E-state index >= 15 is 0 Å². The first-order valence-corrected chi connectivity index (χ1v) is 9.05. The second kappa shape index (κ2) is 6.13. The molecule has 7 heteroatoms. The van der Waals surface area contributed by atoms with Gasteiger partial charge in [0.2, 0.25) is 0 Å². The predicted octanol–water partition coefficient (Wildman–Crippen LogP) is 4.10. The Morgan fingerprint density at radius 3 is 2.68 bits per heavy atom. The third-order valence-electron chi connectivity index (χ3n) is 4.25. The molecule has 4 aromatic rings. The summed E-state index contributed by atoms with van der Waals surface area (Å²) in [7, 11) is 2.02. The number of halogens is 1. The monoisotopic (exact) mass is 370 g/mol. The summed E-state index contributed by atoms with van der Waals surface area (Å²) in [6.07, 6.45) is 3.35. The molecule has 1 aromatic carbocycles. The number of hydrogen-bond donors (Lipinski definition) is 0. The molecule has 3 heterocycles. The molecule has 0 atom stereocenters. The summed E-state index contributed by atoms with van der Waals surface area (Å²) in [4.78, 5) is 25.0. The van der Waals surface area contributed by atoms with E-state index in [0.717, 1.165) is 28.1 Å². The van der Waals surface area contributed by atoms with Crippen LogP contribution in [0.4, 0.5) is 5.69 Å². The standard InChI is InChI=1S/C18H15ClN4OS/c1-3-22(2)13-8-9-20-17-14(13)15-16(25-17)18(24)23(10-21-15)12-6-4-11(19)5-7-12/h4-10H,3H2,1-2H3. The third kappa shape index (κ3) is 2.58. The van der Waals surface area contributed by atoms with Crippen molar-refractivity contribution < 1.29 is 0 Å². The number of benzene rings is 1. The Morgan fingerprint density at radius 2 is 1.96 bits per heavy atom. The number of fused-ring (bicyclic) bond motifs is 3. The normalized spacial score (nSPS) is 11.3. The summed E-state index contributed by atoms with van der Waals surface area (Å²) >= 11 is 7.32. The first kappa shape index (κ1) is 16.1. The highest BCUT2D eigenvalue weighted by atomic mass is 35.5. The van der Waals surface area contributed by atoms with Gasteiger partial charge in [0, 0.05) is 24.8 Å². The number of pyridine rings is 1. The van der Waals surface area contributed by atoms with E-state index in [1.807, 2.05) is 13.1 Å². The fraction of sp³-hybridized carbons (Fsp3) is 0.167. The molecule has 0 saturated carbocycles. The zero-order valence-corrected chi connectivity index (χ0v) is 15.3. The topological polar surface area (TPSA) is 51.0 Å². The molecule has 0 fully saturated rings. The minimum absolute atomic E-state index is 0.0968. The van der Waals surface area contributed by atoms with Crippen LogP contribution in [-0.4, -0.2) is 28.1 Å². The van der Waals surface area contributed by atoms with Gasteiger partial charge in [-0.05, 0) is 37.3 Å². The molecule has 4 rings (SSSR count). The van der Waals surface area contributed by atoms with Crippen molar-refractivity contribution in [2.45, 2.75) is 6.92 Å². The van der Waals surface area contributed by atoms with Crippen LogP contribution in [0.1, 0.15) is 6.92 Å². The largest absolute Gasteiger partial charge is 0.374 e. The molecule has 3 aromatic heterocycles. The molecular weight excluding hydrogens is 356 g/mol. The van der Waals surface area contributed by atoms with Crippen LogP contribution >= 0.6 is 22.9 Å². The van der Waals surface area contributed by atoms with E-state index in [4.69, 9.17) is 11.6 Å². The van der Waals surface area contributed by atoms with Crippen molar-refractivity contribution in [2.75, 3.05) is 18.5 Å². The van der Waals surface area contributed by atoms with Crippen LogP contribution in [0.5, 0.6) is 0 Å². The van der Waals surface area contributed by atoms with Crippen molar-refractivity contribution in [2.24, 2.45) is 0 Å². The maximum absolute atomic E-state index is 13.0. The zero-order chi connectivity index (χ0) is 17.6. The minimum atomic E-state index is -0.0968. The Labute approximate surface area is 153 Å². The number of nitrogens with zero attached hydrogens (tertiary/aromatic N) is 4. The van der Waals surface area contributed by atoms with Crippen molar-refractivity contribution in [3.05, 3.63) is 58.2 Å². The van der Waals surface area contributed by atoms with E-state index in [1.165, 1.54) is 15.9 Å². The van der Waals surface area contributed by atoms with Crippen LogP contribution in [0, 0.1) is 0 Å². The highest BCUT2D eigenvalue weighted by molar-refractivity contribution is 7.25. The lowest BCUT2D eigenvalue weighted by molar-refractivity contribution is 0.964. The summed E-state index contributed by atoms with van der Waals surface area (Å²) in [6.45, 7) is 2.94. The Hall–Kier alpha value is -2.44. The molecule has 0 aliphatic rings. The van der Waals surface area contributed by atoms with Gasteiger partial charge in [-0.25, -0.2) is 9.97 Å². The first-order chi connectivity index (χ1) is 12.1. The molecule has 0 aliphatic heterocycles. The lowest BCUT2D eigenvalue weighted by atomic mass is 10.2. The van der Waals surface area contributed by atoms with Crippen molar-refractivity contribution >= 4 is 49.1 Å². The van der Waals surface area contributed by atoms with Crippen molar-refractivity contribution in [3.8, 4) is 5.69 Å². The van der Waals surface area contributed by atoms with Crippen LogP contribution in [-0.2, 0) is 0 Å². The van der Waals surface area contributed by atoms with Gasteiger partial charge >= 0.3 is 0 Å². The average molecular weight is 371 g/mol. The van der Waals surface area contributed by atoms with Gasteiger partial charge in [-0.2, -0.15) is 0 Å². The van der Waals surface area contributed by atoms with E-state index in [2.05, 4.69) is 21.8 Å². The van der Waals surface area contributed by atoms with Crippen LogP contribution < -0.4 is 10.5 Å². The quantitative estimate of drug-likeness (QED) is 0.544. The van der Waals surface area contributed by atoms with Gasteiger partial charge in [0.25, 0.3) is 5.56 Å². The number of thiophene rings is 1. The molecule has 25 heavy (non-hydrogen) atoms. The molecule has 0 spiro atoms. The SMILES string of the molecule is CCN(C)c1ccnc2sc3c(=O)n(-c4ccc(Cl)cc4)cnc3c12. The van der Waals surface area contributed by atoms with Crippen molar-refractivity contribution in [3.63, 3.8) is 0 Å². The second-order valence-corrected chi connectivity index (χ2v) is 7.14. The number of rotatable bonds is 3. The molecule has 0 saturated heterocycles. The molecule has 0 bridgehead atoms. The molecule has 0 radical (unpaired) electrons. The lowest BCUT2D eigenvalue weighted by Crippen LogP contribution is -2.18. The van der Waals surface area contributed by atoms with E-state index in [1.54, 1.807) is 36.8 Å². The maximum atomic E-state index is 13.0. The first-order valence-electron chi connectivity index (χ1n) is 7.86. The zero-order valence-electron chi connectivity index (χ0n) is 13.7. The van der Waals surface area contributed by atoms with Gasteiger partial charge in [0.05, 0.1) is 16.8 Å². The lowest BCUT2D eigenvalue weighted by Gasteiger charge is -2.17. The third-order valence-corrected chi connectivity index (χ3v) is 5.58. The van der Waals surface area contributed by atoms with E-state index in [0.29, 0.717) is 15.2 Å². The molecule has 0 aliphatic carbocycles. The summed E-state index contributed by atoms with van der Waals surface area (Å²) in [5.74, 6) is 0. The van der Waals surface area contributed by atoms with E-state index in [9.17, 15) is 4.79 Å². The van der Waals surface area contributed by atoms with Gasteiger partial charge in [0.1, 0.15) is 21.4 Å². The van der Waals surface area contributed by atoms with Crippen molar-refractivity contribution in [1.82, 2.24) is 14.5 Å². The van der Waals surface area contributed by atoms with Crippen LogP contribution in [0.25, 0.3) is 26.1 Å². The summed E-state index contributed by atoms with van der Waals surface area (Å²) in [6, 6.07) is 9.09. The van der Waals surface area contributed by atoms with Gasteiger partial charge in [-0.1, -0.05) is 11.6 Å². The smallest absolute Gasteiger partial charge is 0.275 e. The Balaban J connectivity index is 2.01. The van der Waals surface area contributed by atoms with Gasteiger partial charge in [-0.15, -0.1) is 11.3 Å². The van der Waals surface area contributed by atoms with Crippen LogP contribution in [0.2, 0.25) is 5.02 Å². The predicted molar refractivity (Wildman–Crippen MR) is 104 cm³/mol. The Morgan fingerprint density at radius 1 is 1.20 bits per heavy atom. The fourth-order valence-corrected chi connectivity index (χ4v) is 3.98. The number of hydrogen-bond acceptors (Lipinski definition) is 5. The van der Waals surface area contributed by atoms with Crippen molar-refractivity contribution in [1.29, 1.82) is 0 Å². The average Bonchev–Trinajstić information content (AvgIpc) is 3.02. The fourth-order valence-electron chi connectivity index (χ4n) is 2.81. The van der Waals surface area contributed by atoms with E-state index in [-0.39, 0.29) is 5.56 Å². The van der Waals surface area contributed by atoms with Gasteiger partial charge in [0.15, 0.2) is 0 Å². The Bertz CT molecular complexity index is 1130. The molecule has 0 N–H and O–H groups in total. The van der Waals surface area contributed by atoms with Crippen LogP contribution in [0.3, 0.4) is 0 Å². The molecule has 5 nitrogen and oxygen atoms in total. The molecular formula is C18H15ClN4OS. The van der Waals surface area contributed by atoms with Crippen LogP contribution in [0.15, 0.2) is 47.7 Å². The summed E-state index contributed by atoms with van der Waals surface area (Å²) < 4.78 is 2.15. The molecule has 126 valence electrons. The van der Waals surface area contributed by atoms with Gasteiger partial charge in [-0.3, -0.25) is 9.36 Å². The Kier molecular flexibility index (Phi) is 3.94. The van der Waals surface area contributed by atoms with E-state index < -0.39 is 0 Å². The highest BCUT2D eigenvalue weighted by Gasteiger charge is 2.17. The summed E-state index contributed by atoms with van der Waals surface area (Å²) in [5, 5.41) is 1.57. The van der Waals surface area contributed by atoms with Gasteiger partial charge < -0.3 is 4.90 Å². The number of aromatic nitrogens is 3.